The summed E-state index contributed by atoms with van der Waals surface area (Å²) in [5.41, 5.74) is -0.611. The zero-order chi connectivity index (χ0) is 44.4. The van der Waals surface area contributed by atoms with Crippen LogP contribution in [-0.2, 0) is 57.1 Å². The van der Waals surface area contributed by atoms with Crippen molar-refractivity contribution in [3.8, 4) is 0 Å². The van der Waals surface area contributed by atoms with Crippen LogP contribution < -0.4 is 0 Å². The zero-order valence-corrected chi connectivity index (χ0v) is 37.6. The number of esters is 3. The Morgan fingerprint density at radius 2 is 1.38 bits per heavy atom. The highest BCUT2D eigenvalue weighted by Crippen LogP contribution is 2.47. The third-order valence-corrected chi connectivity index (χ3v) is 13.1. The van der Waals surface area contributed by atoms with Crippen LogP contribution in [0.4, 0.5) is 0 Å². The molecule has 4 fully saturated rings. The number of methoxy groups -OCH3 is 1. The van der Waals surface area contributed by atoms with Gasteiger partial charge in [0.15, 0.2) is 11.6 Å². The van der Waals surface area contributed by atoms with Crippen LogP contribution in [0.2, 0.25) is 0 Å². The Kier molecular flexibility index (Phi) is 18.0. The average molecular weight is 863 g/mol. The van der Waals surface area contributed by atoms with Gasteiger partial charge >= 0.3 is 17.9 Å². The topological polar surface area (TPSA) is 183 Å². The fourth-order valence-electron chi connectivity index (χ4n) is 10.3. The summed E-state index contributed by atoms with van der Waals surface area (Å²) in [5, 5.41) is 22.7. The molecule has 5 rings (SSSR count). The quantitative estimate of drug-likeness (QED) is 0.170. The highest BCUT2D eigenvalue weighted by Gasteiger charge is 2.54. The fraction of sp³-hybridized carbons (Fsp3) is 0.830. The molecule has 61 heavy (non-hydrogen) atoms. The van der Waals surface area contributed by atoms with E-state index in [1.807, 2.05) is 13.0 Å². The number of aliphatic hydroxyl groups excluding tert-OH is 1. The van der Waals surface area contributed by atoms with Crippen LogP contribution in [0.5, 0.6) is 0 Å². The summed E-state index contributed by atoms with van der Waals surface area (Å²) >= 11 is 0. The number of ether oxygens (including phenoxy) is 8. The Hall–Kier alpha value is -2.72. The predicted octanol–water partition coefficient (Wildman–Crippen LogP) is 6.89. The third-order valence-electron chi connectivity index (χ3n) is 13.1. The van der Waals surface area contributed by atoms with Gasteiger partial charge in [0.25, 0.3) is 0 Å². The van der Waals surface area contributed by atoms with Crippen molar-refractivity contribution in [2.45, 2.75) is 223 Å². The summed E-state index contributed by atoms with van der Waals surface area (Å²) in [6.45, 7) is 12.6. The second-order valence-electron chi connectivity index (χ2n) is 18.9. The van der Waals surface area contributed by atoms with Crippen molar-refractivity contribution in [2.75, 3.05) is 13.7 Å². The van der Waals surface area contributed by atoms with Gasteiger partial charge in [-0.2, -0.15) is 0 Å². The minimum atomic E-state index is -1.37. The average Bonchev–Trinajstić information content (AvgIpc) is 3.14. The van der Waals surface area contributed by atoms with E-state index < -0.39 is 83.5 Å². The number of carbonyl (C=O) groups is 4. The highest BCUT2D eigenvalue weighted by molar-refractivity contribution is 5.82. The molecular formula is C47H74O14. The number of fused-ring (bicyclic) bond motifs is 4. The lowest BCUT2D eigenvalue weighted by molar-refractivity contribution is -0.349. The molecule has 14 heteroatoms. The Morgan fingerprint density at radius 3 is 2.08 bits per heavy atom. The summed E-state index contributed by atoms with van der Waals surface area (Å²) in [6.07, 6.45) is 10.1. The van der Waals surface area contributed by atoms with E-state index in [1.54, 1.807) is 21.0 Å². The normalized spacial score (nSPS) is 41.3. The summed E-state index contributed by atoms with van der Waals surface area (Å²) < 4.78 is 49.4. The van der Waals surface area contributed by atoms with Crippen molar-refractivity contribution >= 4 is 23.7 Å². The minimum absolute atomic E-state index is 0.0202. The smallest absolute Gasteiger partial charge is 0.308 e. The molecule has 6 bridgehead atoms. The number of aliphatic hydroxyl groups is 2. The fourth-order valence-corrected chi connectivity index (χ4v) is 10.3. The number of carbonyl (C=O) groups excluding carboxylic acids is 4. The van der Waals surface area contributed by atoms with E-state index in [-0.39, 0.29) is 69.4 Å². The van der Waals surface area contributed by atoms with Crippen LogP contribution in [0, 0.1) is 11.8 Å². The maximum atomic E-state index is 14.2. The molecule has 2 spiro atoms. The Bertz CT molecular complexity index is 1530. The third kappa shape index (κ3) is 14.9. The first-order valence-electron chi connectivity index (χ1n) is 22.9. The largest absolute Gasteiger partial charge is 0.466 e. The number of ketones is 1. The molecule has 346 valence electrons. The van der Waals surface area contributed by atoms with Crippen LogP contribution >= 0.6 is 0 Å². The number of hydrogen-bond acceptors (Lipinski definition) is 14. The molecule has 14 nitrogen and oxygen atoms in total. The first-order chi connectivity index (χ1) is 28.9. The van der Waals surface area contributed by atoms with Crippen LogP contribution in [0.1, 0.15) is 157 Å². The van der Waals surface area contributed by atoms with E-state index in [9.17, 15) is 29.4 Å². The molecule has 13 atom stereocenters. The standard InChI is InChI=1S/C47H74O14/c1-30-19-41-26-45(6,53)29-47(61-41)28-40(56-33(4)48)22-38(60-47)24-43(52)55-18-16-14-12-10-8-9-11-13-15-17-36-20-35(50)25-46(58-36)27-39(54-7)21-37(59-46)23-42(51)32(3)44(31(30)2)57-34(5)49/h15,17,31-32,35-41,44,50,53H,1,8-14,16,18-29H2,2-7H3/b17-15-/t31-,32-,35+,36+,37+,38-,39+,40+,41+,44+,45+,46-,47-/m1/s1. The van der Waals surface area contributed by atoms with Gasteiger partial charge in [0.1, 0.15) is 18.0 Å². The van der Waals surface area contributed by atoms with E-state index in [1.165, 1.54) is 13.8 Å². The molecule has 0 saturated carbocycles. The lowest BCUT2D eigenvalue weighted by Crippen LogP contribution is -2.58. The van der Waals surface area contributed by atoms with Gasteiger partial charge in [-0.3, -0.25) is 19.2 Å². The molecule has 0 unspecified atom stereocenters. The van der Waals surface area contributed by atoms with Crippen molar-refractivity contribution < 1.29 is 67.3 Å². The maximum absolute atomic E-state index is 14.2. The molecule has 5 heterocycles. The van der Waals surface area contributed by atoms with Gasteiger partial charge in [-0.15, -0.1) is 0 Å². The molecular weight excluding hydrogens is 789 g/mol. The van der Waals surface area contributed by atoms with E-state index in [2.05, 4.69) is 12.7 Å². The minimum Gasteiger partial charge on any atom is -0.466 e. The number of cyclic esters (lactones) is 1. The lowest BCUT2D eigenvalue weighted by atomic mass is 9.78. The van der Waals surface area contributed by atoms with Crippen LogP contribution in [0.25, 0.3) is 0 Å². The summed E-state index contributed by atoms with van der Waals surface area (Å²) in [4.78, 5) is 51.9. The molecule has 5 aliphatic rings. The van der Waals surface area contributed by atoms with Gasteiger partial charge in [0.05, 0.1) is 61.2 Å². The summed E-state index contributed by atoms with van der Waals surface area (Å²) in [7, 11) is 1.63. The van der Waals surface area contributed by atoms with Crippen molar-refractivity contribution in [3.05, 3.63) is 24.3 Å². The summed E-state index contributed by atoms with van der Waals surface area (Å²) in [5.74, 6) is -5.33. The number of hydrogen-bond donors (Lipinski definition) is 2. The molecule has 0 amide bonds. The number of Topliss-reactive ketones (excluding diaryl/α,β-unsaturated/α-hetero) is 1. The molecule has 2 N–H and O–H groups in total. The molecule has 0 aliphatic carbocycles. The molecule has 0 aromatic carbocycles. The second kappa shape index (κ2) is 22.3. The molecule has 0 radical (unpaired) electrons. The van der Waals surface area contributed by atoms with E-state index >= 15 is 0 Å². The molecule has 0 aromatic rings. The highest BCUT2D eigenvalue weighted by atomic mass is 16.7. The Morgan fingerprint density at radius 1 is 0.754 bits per heavy atom. The van der Waals surface area contributed by atoms with Crippen molar-refractivity contribution in [1.29, 1.82) is 0 Å². The van der Waals surface area contributed by atoms with Crippen LogP contribution in [-0.4, -0.2) is 114 Å². The first-order valence-corrected chi connectivity index (χ1v) is 22.9. The van der Waals surface area contributed by atoms with Gasteiger partial charge in [-0.25, -0.2) is 0 Å². The van der Waals surface area contributed by atoms with Gasteiger partial charge in [0, 0.05) is 84.7 Å². The van der Waals surface area contributed by atoms with Crippen molar-refractivity contribution in [1.82, 2.24) is 0 Å². The van der Waals surface area contributed by atoms with E-state index in [4.69, 9.17) is 37.9 Å². The zero-order valence-electron chi connectivity index (χ0n) is 37.6. The number of rotatable bonds is 3. The second-order valence-corrected chi connectivity index (χ2v) is 18.9. The van der Waals surface area contributed by atoms with Crippen molar-refractivity contribution in [2.24, 2.45) is 11.8 Å². The summed E-state index contributed by atoms with van der Waals surface area (Å²) in [6, 6.07) is 0. The molecule has 5 aliphatic heterocycles. The molecule has 0 aromatic heterocycles. The Labute approximate surface area is 362 Å². The van der Waals surface area contributed by atoms with E-state index in [0.717, 1.165) is 51.4 Å². The van der Waals surface area contributed by atoms with Crippen LogP contribution in [0.15, 0.2) is 24.3 Å². The van der Waals surface area contributed by atoms with Crippen LogP contribution in [0.3, 0.4) is 0 Å². The van der Waals surface area contributed by atoms with Gasteiger partial charge in [-0.1, -0.05) is 70.3 Å². The van der Waals surface area contributed by atoms with Gasteiger partial charge in [-0.05, 0) is 32.6 Å². The SMILES string of the molecule is C=C1C[C@H]2C[C@](C)(O)C[C@@]3(C[C@@H](OC(C)=O)C[C@H](CC(=O)OCCCCCCCCC/C=C\[C@H]4C[C@H](O)C[C@@]5(C[C@@H](OC)C[C@@H](CC(=O)[C@@H](C)[C@@H](OC(C)=O)[C@@H]1C)O5)O4)O3)O2. The van der Waals surface area contributed by atoms with E-state index in [0.29, 0.717) is 31.4 Å². The molecule has 4 saturated heterocycles. The number of allylic oxidation sites excluding steroid dienone is 1. The lowest BCUT2D eigenvalue weighted by Gasteiger charge is -2.52. The maximum Gasteiger partial charge on any atom is 0.308 e. The monoisotopic (exact) mass is 863 g/mol. The van der Waals surface area contributed by atoms with Gasteiger partial charge < -0.3 is 48.1 Å². The first kappa shape index (κ1) is 49.3. The predicted molar refractivity (Wildman–Crippen MR) is 224 cm³/mol. The Balaban J connectivity index is 1.36. The van der Waals surface area contributed by atoms with Gasteiger partial charge in [0.2, 0.25) is 0 Å². The van der Waals surface area contributed by atoms with Crippen molar-refractivity contribution in [3.63, 3.8) is 0 Å².